The van der Waals surface area contributed by atoms with Crippen molar-refractivity contribution in [2.75, 3.05) is 5.32 Å². The van der Waals surface area contributed by atoms with Crippen LogP contribution >= 0.6 is 11.6 Å². The van der Waals surface area contributed by atoms with Gasteiger partial charge in [0.05, 0.1) is 17.9 Å². The van der Waals surface area contributed by atoms with Gasteiger partial charge in [0.25, 0.3) is 0 Å². The maximum atomic E-state index is 14.2. The number of imidazole rings is 1. The van der Waals surface area contributed by atoms with Gasteiger partial charge in [-0.15, -0.1) is 0 Å². The van der Waals surface area contributed by atoms with Crippen LogP contribution in [0.3, 0.4) is 0 Å². The SMILES string of the molecule is O=c1[nH]c(O)c(/C=c2\cnn3c(=NC4CC4)cc(Nc4cc(Cl)ccc4F)nc23)[nH]1. The molecule has 0 bridgehead atoms. The first kappa shape index (κ1) is 18.4. The molecule has 3 heterocycles. The molecule has 0 spiro atoms. The molecule has 4 aromatic rings. The van der Waals surface area contributed by atoms with Crippen molar-refractivity contribution in [1.82, 2.24) is 24.6 Å². The lowest BCUT2D eigenvalue weighted by atomic mass is 10.3. The molecule has 0 amide bonds. The lowest BCUT2D eigenvalue weighted by Gasteiger charge is -2.08. The summed E-state index contributed by atoms with van der Waals surface area (Å²) in [5, 5.41) is 18.0. The Bertz CT molecular complexity index is 1450. The molecule has 0 atom stereocenters. The number of nitrogens with zero attached hydrogens (tertiary/aromatic N) is 4. The second-order valence-electron chi connectivity index (χ2n) is 6.93. The molecular weight excluding hydrogens is 413 g/mol. The first-order valence-corrected chi connectivity index (χ1v) is 9.52. The first-order valence-electron chi connectivity index (χ1n) is 9.14. The fourth-order valence-corrected chi connectivity index (χ4v) is 3.16. The van der Waals surface area contributed by atoms with Crippen LogP contribution in [0.1, 0.15) is 18.5 Å². The number of hydrogen-bond acceptors (Lipinski definition) is 6. The van der Waals surface area contributed by atoms with Crippen molar-refractivity contribution in [3.63, 3.8) is 0 Å². The van der Waals surface area contributed by atoms with Crippen LogP contribution in [0.25, 0.3) is 11.7 Å². The van der Waals surface area contributed by atoms with Crippen LogP contribution in [0, 0.1) is 5.82 Å². The minimum Gasteiger partial charge on any atom is -0.493 e. The van der Waals surface area contributed by atoms with E-state index in [9.17, 15) is 14.3 Å². The zero-order valence-electron chi connectivity index (χ0n) is 15.4. The van der Waals surface area contributed by atoms with Crippen molar-refractivity contribution in [3.05, 3.63) is 68.2 Å². The van der Waals surface area contributed by atoms with Gasteiger partial charge in [-0.1, -0.05) is 11.6 Å². The lowest BCUT2D eigenvalue weighted by molar-refractivity contribution is 0.454. The number of aromatic nitrogens is 5. The number of anilines is 2. The summed E-state index contributed by atoms with van der Waals surface area (Å²) in [5.74, 6) is -0.417. The molecule has 1 aromatic carbocycles. The van der Waals surface area contributed by atoms with Crippen molar-refractivity contribution in [2.45, 2.75) is 18.9 Å². The predicted octanol–water partition coefficient (Wildman–Crippen LogP) is 1.60. The molecule has 3 aromatic heterocycles. The zero-order chi connectivity index (χ0) is 20.8. The van der Waals surface area contributed by atoms with E-state index in [0.29, 0.717) is 27.2 Å². The molecule has 0 saturated heterocycles. The lowest BCUT2D eigenvalue weighted by Crippen LogP contribution is -2.20. The summed E-state index contributed by atoms with van der Waals surface area (Å²) >= 11 is 5.98. The van der Waals surface area contributed by atoms with Crippen LogP contribution in [0.4, 0.5) is 15.9 Å². The summed E-state index contributed by atoms with van der Waals surface area (Å²) in [6, 6.07) is 6.08. The Hall–Kier alpha value is -3.66. The van der Waals surface area contributed by atoms with Gasteiger partial charge in [-0.05, 0) is 37.1 Å². The third-order valence-corrected chi connectivity index (χ3v) is 4.80. The van der Waals surface area contributed by atoms with Crippen LogP contribution in [-0.4, -0.2) is 35.7 Å². The minimum absolute atomic E-state index is 0.175. The van der Waals surface area contributed by atoms with E-state index in [4.69, 9.17) is 11.6 Å². The summed E-state index contributed by atoms with van der Waals surface area (Å²) in [6.45, 7) is 0. The Labute approximate surface area is 172 Å². The molecule has 4 N–H and O–H groups in total. The smallest absolute Gasteiger partial charge is 0.326 e. The van der Waals surface area contributed by atoms with E-state index in [1.165, 1.54) is 24.3 Å². The summed E-state index contributed by atoms with van der Waals surface area (Å²) < 4.78 is 15.7. The Balaban J connectivity index is 1.69. The van der Waals surface area contributed by atoms with Crippen molar-refractivity contribution in [3.8, 4) is 5.88 Å². The largest absolute Gasteiger partial charge is 0.493 e. The number of H-pyrrole nitrogens is 2. The number of nitrogens with one attached hydrogen (secondary N) is 3. The molecule has 1 aliphatic carbocycles. The van der Waals surface area contributed by atoms with Crippen LogP contribution in [-0.2, 0) is 0 Å². The maximum absolute atomic E-state index is 14.2. The summed E-state index contributed by atoms with van der Waals surface area (Å²) in [5.41, 5.74) is 0.805. The van der Waals surface area contributed by atoms with E-state index in [0.717, 1.165) is 12.8 Å². The van der Waals surface area contributed by atoms with E-state index in [1.54, 1.807) is 16.8 Å². The van der Waals surface area contributed by atoms with Crippen LogP contribution in [0.5, 0.6) is 5.88 Å². The van der Waals surface area contributed by atoms with Crippen molar-refractivity contribution >= 4 is 34.8 Å². The highest BCUT2D eigenvalue weighted by Crippen LogP contribution is 2.24. The molecule has 1 saturated carbocycles. The third kappa shape index (κ3) is 3.52. The monoisotopic (exact) mass is 427 g/mol. The number of aromatic hydroxyl groups is 1. The van der Waals surface area contributed by atoms with Gasteiger partial charge >= 0.3 is 5.69 Å². The van der Waals surface area contributed by atoms with E-state index >= 15 is 0 Å². The Morgan fingerprint density at radius 3 is 2.90 bits per heavy atom. The number of fused-ring (bicyclic) bond motifs is 1. The predicted molar refractivity (Wildman–Crippen MR) is 108 cm³/mol. The van der Waals surface area contributed by atoms with Gasteiger partial charge in [-0.2, -0.15) is 9.61 Å². The van der Waals surface area contributed by atoms with Crippen LogP contribution < -0.4 is 21.7 Å². The van der Waals surface area contributed by atoms with E-state index in [-0.39, 0.29) is 23.3 Å². The Morgan fingerprint density at radius 2 is 2.17 bits per heavy atom. The number of rotatable bonds is 4. The van der Waals surface area contributed by atoms with E-state index < -0.39 is 11.5 Å². The molecule has 1 aliphatic rings. The molecule has 152 valence electrons. The second kappa shape index (κ2) is 6.99. The number of benzene rings is 1. The fraction of sp³-hybridized carbons (Fsp3) is 0.158. The molecule has 11 heteroatoms. The summed E-state index contributed by atoms with van der Waals surface area (Å²) in [4.78, 5) is 25.3. The highest BCUT2D eigenvalue weighted by Gasteiger charge is 2.20. The Kier molecular flexibility index (Phi) is 4.28. The minimum atomic E-state index is -0.536. The molecule has 0 aliphatic heterocycles. The van der Waals surface area contributed by atoms with Crippen molar-refractivity contribution in [2.24, 2.45) is 4.99 Å². The average molecular weight is 428 g/mol. The van der Waals surface area contributed by atoms with Gasteiger partial charge in [-0.25, -0.2) is 14.2 Å². The highest BCUT2D eigenvalue weighted by molar-refractivity contribution is 6.30. The second-order valence-corrected chi connectivity index (χ2v) is 7.37. The molecule has 30 heavy (non-hydrogen) atoms. The number of halogens is 2. The van der Waals surface area contributed by atoms with E-state index in [2.05, 4.69) is 30.4 Å². The van der Waals surface area contributed by atoms with E-state index in [1.807, 2.05) is 0 Å². The molecular formula is C19H15ClFN7O2. The van der Waals surface area contributed by atoms with Gasteiger partial charge in [0.2, 0.25) is 5.88 Å². The zero-order valence-corrected chi connectivity index (χ0v) is 16.1. The number of hydrogen-bond donors (Lipinski definition) is 4. The topological polar surface area (TPSA) is 123 Å². The highest BCUT2D eigenvalue weighted by atomic mass is 35.5. The van der Waals surface area contributed by atoms with Gasteiger partial charge < -0.3 is 15.4 Å². The third-order valence-electron chi connectivity index (χ3n) is 4.57. The summed E-state index contributed by atoms with van der Waals surface area (Å²) in [7, 11) is 0. The van der Waals surface area contributed by atoms with Crippen LogP contribution in [0.2, 0.25) is 5.02 Å². The summed E-state index contributed by atoms with van der Waals surface area (Å²) in [6.07, 6.45) is 5.07. The normalized spacial score (nSPS) is 15.3. The molecule has 1 fully saturated rings. The maximum Gasteiger partial charge on any atom is 0.326 e. The average Bonchev–Trinajstić information content (AvgIpc) is 3.34. The van der Waals surface area contributed by atoms with Gasteiger partial charge in [0.1, 0.15) is 17.3 Å². The quantitative estimate of drug-likeness (QED) is 0.394. The standard InChI is InChI=1S/C19H15ClFN7O2/c20-10-1-4-12(21)13(6-10)24-15-7-16(23-11-2-3-11)28-17(26-15)9(8-22-28)5-14-18(29)27-19(30)25-14/h1,4-8,11,24,29H,2-3H2,(H2,25,27,30)/b9-5+,23-16?. The van der Waals surface area contributed by atoms with Gasteiger partial charge in [0.15, 0.2) is 11.1 Å². The molecule has 0 radical (unpaired) electrons. The molecule has 5 rings (SSSR count). The number of aromatic amines is 2. The first-order chi connectivity index (χ1) is 14.5. The van der Waals surface area contributed by atoms with Crippen molar-refractivity contribution in [1.29, 1.82) is 0 Å². The van der Waals surface area contributed by atoms with Gasteiger partial charge in [-0.3, -0.25) is 9.98 Å². The fourth-order valence-electron chi connectivity index (χ4n) is 2.99. The van der Waals surface area contributed by atoms with Gasteiger partial charge in [0, 0.05) is 16.3 Å². The van der Waals surface area contributed by atoms with Crippen LogP contribution in [0.15, 0.2) is 40.2 Å². The molecule has 0 unspecified atom stereocenters. The Morgan fingerprint density at radius 1 is 1.33 bits per heavy atom. The van der Waals surface area contributed by atoms with Crippen molar-refractivity contribution < 1.29 is 9.50 Å². The molecule has 9 nitrogen and oxygen atoms in total.